The van der Waals surface area contributed by atoms with Crippen molar-refractivity contribution in [2.75, 3.05) is 34.4 Å². The molecule has 0 bridgehead atoms. The molecule has 0 aliphatic carbocycles. The van der Waals surface area contributed by atoms with Gasteiger partial charge in [0.05, 0.1) is 13.7 Å². The normalized spacial score (nSPS) is 21.8. The molecule has 0 saturated carbocycles. The van der Waals surface area contributed by atoms with Crippen LogP contribution >= 0.6 is 0 Å². The first-order valence-corrected chi connectivity index (χ1v) is 7.67. The van der Waals surface area contributed by atoms with Gasteiger partial charge in [0.25, 0.3) is 0 Å². The molecule has 1 saturated heterocycles. The highest BCUT2D eigenvalue weighted by atomic mass is 16.5. The first-order chi connectivity index (χ1) is 10.6. The van der Waals surface area contributed by atoms with E-state index in [4.69, 9.17) is 9.47 Å². The molecule has 1 fully saturated rings. The van der Waals surface area contributed by atoms with Crippen LogP contribution in [0.3, 0.4) is 0 Å². The fraction of sp³-hybridized carbons (Fsp3) is 0.588. The third-order valence-electron chi connectivity index (χ3n) is 4.50. The number of nitrogens with one attached hydrogen (secondary N) is 1. The minimum Gasteiger partial charge on any atom is -0.496 e. The zero-order valence-electron chi connectivity index (χ0n) is 13.9. The first-order valence-electron chi connectivity index (χ1n) is 7.67. The molecule has 1 atom stereocenters. The van der Waals surface area contributed by atoms with Crippen molar-refractivity contribution in [1.82, 2.24) is 10.2 Å². The Kier molecular flexibility index (Phi) is 5.42. The summed E-state index contributed by atoms with van der Waals surface area (Å²) in [5, 5.41) is 2.79. The lowest BCUT2D eigenvalue weighted by Crippen LogP contribution is -2.57. The van der Waals surface area contributed by atoms with Crippen molar-refractivity contribution in [2.24, 2.45) is 0 Å². The molecule has 22 heavy (non-hydrogen) atoms. The van der Waals surface area contributed by atoms with Gasteiger partial charge in [-0.1, -0.05) is 12.1 Å². The second-order valence-corrected chi connectivity index (χ2v) is 5.87. The van der Waals surface area contributed by atoms with Crippen molar-refractivity contribution in [3.63, 3.8) is 0 Å². The minimum absolute atomic E-state index is 0.0333. The van der Waals surface area contributed by atoms with Crippen LogP contribution in [-0.4, -0.2) is 50.8 Å². The van der Waals surface area contributed by atoms with E-state index in [1.807, 2.05) is 6.92 Å². The molecule has 122 valence electrons. The lowest BCUT2D eigenvalue weighted by Gasteiger charge is -2.36. The van der Waals surface area contributed by atoms with Crippen LogP contribution in [0.1, 0.15) is 24.0 Å². The Balaban J connectivity index is 2.24. The average Bonchev–Trinajstić information content (AvgIpc) is 2.92. The van der Waals surface area contributed by atoms with Gasteiger partial charge in [-0.3, -0.25) is 9.69 Å². The number of likely N-dealkylation sites (tertiary alicyclic amines) is 1. The van der Waals surface area contributed by atoms with Gasteiger partial charge >= 0.3 is 0 Å². The zero-order chi connectivity index (χ0) is 16.2. The van der Waals surface area contributed by atoms with E-state index in [0.29, 0.717) is 13.2 Å². The quantitative estimate of drug-likeness (QED) is 0.869. The molecule has 1 amide bonds. The lowest BCUT2D eigenvalue weighted by molar-refractivity contribution is -0.135. The van der Waals surface area contributed by atoms with Crippen molar-refractivity contribution >= 4 is 5.91 Å². The Bertz CT molecular complexity index is 533. The van der Waals surface area contributed by atoms with E-state index in [0.717, 1.165) is 36.3 Å². The van der Waals surface area contributed by atoms with Crippen molar-refractivity contribution in [1.29, 1.82) is 0 Å². The topological polar surface area (TPSA) is 50.8 Å². The van der Waals surface area contributed by atoms with Gasteiger partial charge in [0, 0.05) is 20.7 Å². The van der Waals surface area contributed by atoms with Crippen molar-refractivity contribution in [2.45, 2.75) is 31.8 Å². The Morgan fingerprint density at radius 2 is 2.18 bits per heavy atom. The first kappa shape index (κ1) is 16.8. The number of hydrogen-bond donors (Lipinski definition) is 1. The summed E-state index contributed by atoms with van der Waals surface area (Å²) in [5.41, 5.74) is 1.69. The van der Waals surface area contributed by atoms with Crippen LogP contribution in [0.4, 0.5) is 0 Å². The summed E-state index contributed by atoms with van der Waals surface area (Å²) in [5.74, 6) is 0.917. The molecule has 1 unspecified atom stereocenters. The van der Waals surface area contributed by atoms with Gasteiger partial charge in [0.2, 0.25) is 5.91 Å². The molecular weight excluding hydrogens is 280 g/mol. The summed E-state index contributed by atoms with van der Waals surface area (Å²) in [6, 6.07) is 6.20. The van der Waals surface area contributed by atoms with E-state index in [2.05, 4.69) is 28.4 Å². The number of carbonyl (C=O) groups excluding carboxylic acids is 1. The number of aryl methyl sites for hydroxylation is 1. The number of likely N-dealkylation sites (N-methyl/N-ethyl adjacent to an activating group) is 1. The molecule has 0 radical (unpaired) electrons. The number of nitrogens with zero attached hydrogens (tertiary/aromatic N) is 1. The maximum absolute atomic E-state index is 12.4. The summed E-state index contributed by atoms with van der Waals surface area (Å²) in [4.78, 5) is 14.7. The predicted octanol–water partition coefficient (Wildman–Crippen LogP) is 1.73. The zero-order valence-corrected chi connectivity index (χ0v) is 13.9. The molecule has 5 heteroatoms. The predicted molar refractivity (Wildman–Crippen MR) is 86.0 cm³/mol. The Morgan fingerprint density at radius 1 is 1.41 bits per heavy atom. The second kappa shape index (κ2) is 7.11. The molecule has 1 aliphatic heterocycles. The van der Waals surface area contributed by atoms with E-state index in [1.165, 1.54) is 0 Å². The number of amides is 1. The maximum atomic E-state index is 12.4. The number of rotatable bonds is 6. The van der Waals surface area contributed by atoms with Crippen molar-refractivity contribution in [3.8, 4) is 5.75 Å². The van der Waals surface area contributed by atoms with E-state index < -0.39 is 5.54 Å². The molecule has 0 spiro atoms. The Morgan fingerprint density at radius 3 is 2.82 bits per heavy atom. The largest absolute Gasteiger partial charge is 0.496 e. The van der Waals surface area contributed by atoms with Gasteiger partial charge in [-0.2, -0.15) is 0 Å². The maximum Gasteiger partial charge on any atom is 0.242 e. The van der Waals surface area contributed by atoms with E-state index in [-0.39, 0.29) is 5.91 Å². The summed E-state index contributed by atoms with van der Waals surface area (Å²) in [6.45, 7) is 4.05. The van der Waals surface area contributed by atoms with Crippen LogP contribution in [0.15, 0.2) is 18.2 Å². The third-order valence-corrected chi connectivity index (χ3v) is 4.50. The van der Waals surface area contributed by atoms with Crippen LogP contribution in [0, 0.1) is 6.92 Å². The molecule has 5 nitrogen and oxygen atoms in total. The third kappa shape index (κ3) is 3.10. The van der Waals surface area contributed by atoms with Crippen LogP contribution in [0.25, 0.3) is 0 Å². The minimum atomic E-state index is -0.568. The van der Waals surface area contributed by atoms with Crippen LogP contribution in [0.2, 0.25) is 0 Å². The SMILES string of the molecule is CNC(=O)C1(COC)CCCN1Cc1ccc(C)c(OC)c1. The van der Waals surface area contributed by atoms with Gasteiger partial charge in [0.15, 0.2) is 0 Å². The lowest BCUT2D eigenvalue weighted by atomic mass is 9.95. The summed E-state index contributed by atoms with van der Waals surface area (Å²) < 4.78 is 10.8. The molecule has 2 rings (SSSR count). The highest BCUT2D eigenvalue weighted by molar-refractivity contribution is 5.86. The van der Waals surface area contributed by atoms with Gasteiger partial charge in [-0.05, 0) is 43.5 Å². The highest BCUT2D eigenvalue weighted by Gasteiger charge is 2.46. The highest BCUT2D eigenvalue weighted by Crippen LogP contribution is 2.32. The van der Waals surface area contributed by atoms with Gasteiger partial charge in [-0.25, -0.2) is 0 Å². The van der Waals surface area contributed by atoms with Gasteiger partial charge in [-0.15, -0.1) is 0 Å². The fourth-order valence-electron chi connectivity index (χ4n) is 3.31. The second-order valence-electron chi connectivity index (χ2n) is 5.87. The number of methoxy groups -OCH3 is 2. The smallest absolute Gasteiger partial charge is 0.242 e. The molecule has 1 aromatic carbocycles. The summed E-state index contributed by atoms with van der Waals surface area (Å²) in [6.07, 6.45) is 1.82. The molecular formula is C17H26N2O3. The average molecular weight is 306 g/mol. The molecule has 1 aliphatic rings. The van der Waals surface area contributed by atoms with Gasteiger partial charge < -0.3 is 14.8 Å². The van der Waals surface area contributed by atoms with Gasteiger partial charge in [0.1, 0.15) is 11.3 Å². The number of hydrogen-bond acceptors (Lipinski definition) is 4. The summed E-state index contributed by atoms with van der Waals surface area (Å²) in [7, 11) is 5.02. The fourth-order valence-corrected chi connectivity index (χ4v) is 3.31. The molecule has 0 aromatic heterocycles. The van der Waals surface area contributed by atoms with Crippen molar-refractivity contribution < 1.29 is 14.3 Å². The summed E-state index contributed by atoms with van der Waals surface area (Å²) >= 11 is 0. The number of ether oxygens (including phenoxy) is 2. The van der Waals surface area contributed by atoms with E-state index in [9.17, 15) is 4.79 Å². The standard InChI is InChI=1S/C17H26N2O3/c1-13-6-7-14(10-15(13)22-4)11-19-9-5-8-17(19,12-21-3)16(20)18-2/h6-7,10H,5,8-9,11-12H2,1-4H3,(H,18,20). The van der Waals surface area contributed by atoms with Crippen LogP contribution in [-0.2, 0) is 16.1 Å². The monoisotopic (exact) mass is 306 g/mol. The van der Waals surface area contributed by atoms with Crippen LogP contribution < -0.4 is 10.1 Å². The van der Waals surface area contributed by atoms with E-state index in [1.54, 1.807) is 21.3 Å². The number of carbonyl (C=O) groups is 1. The Labute approximate surface area is 132 Å². The molecule has 1 N–H and O–H groups in total. The Hall–Kier alpha value is -1.59. The van der Waals surface area contributed by atoms with E-state index >= 15 is 0 Å². The molecule has 1 aromatic rings. The number of benzene rings is 1. The van der Waals surface area contributed by atoms with Crippen molar-refractivity contribution in [3.05, 3.63) is 29.3 Å². The van der Waals surface area contributed by atoms with Crippen LogP contribution in [0.5, 0.6) is 5.75 Å². The molecule has 1 heterocycles.